The van der Waals surface area contributed by atoms with Crippen LogP contribution in [-0.2, 0) is 6.54 Å². The van der Waals surface area contributed by atoms with Gasteiger partial charge in [0.05, 0.1) is 6.54 Å². The van der Waals surface area contributed by atoms with Gasteiger partial charge in [-0.3, -0.25) is 4.99 Å². The Hall–Kier alpha value is -1.38. The summed E-state index contributed by atoms with van der Waals surface area (Å²) in [6.45, 7) is 0.565. The van der Waals surface area contributed by atoms with Crippen molar-refractivity contribution in [1.29, 1.82) is 0 Å². The Labute approximate surface area is 110 Å². The van der Waals surface area contributed by atoms with Crippen LogP contribution in [0.25, 0.3) is 0 Å². The van der Waals surface area contributed by atoms with Crippen LogP contribution >= 0.6 is 23.2 Å². The minimum Gasteiger partial charge on any atom is -0.288 e. The summed E-state index contributed by atoms with van der Waals surface area (Å²) >= 11 is 11.7. The molecule has 0 aliphatic heterocycles. The highest BCUT2D eigenvalue weighted by Gasteiger charge is 1.95. The molecule has 0 aliphatic carbocycles. The zero-order valence-corrected chi connectivity index (χ0v) is 10.5. The summed E-state index contributed by atoms with van der Waals surface area (Å²) in [6, 6.07) is 11.2. The molecule has 0 saturated carbocycles. The van der Waals surface area contributed by atoms with Crippen LogP contribution in [0.15, 0.2) is 47.6 Å². The lowest BCUT2D eigenvalue weighted by molar-refractivity contribution is 1.05. The Bertz CT molecular complexity index is 521. The fraction of sp³-hybridized carbons (Fsp3) is 0.0769. The molecule has 1 aromatic carbocycles. The first-order chi connectivity index (χ1) is 8.25. The Kier molecular flexibility index (Phi) is 4.13. The Morgan fingerprint density at radius 2 is 1.94 bits per heavy atom. The van der Waals surface area contributed by atoms with E-state index < -0.39 is 0 Å². The molecule has 0 radical (unpaired) electrons. The van der Waals surface area contributed by atoms with Gasteiger partial charge in [0.1, 0.15) is 5.15 Å². The second-order valence-corrected chi connectivity index (χ2v) is 4.27. The first-order valence-corrected chi connectivity index (χ1v) is 5.86. The van der Waals surface area contributed by atoms with E-state index in [4.69, 9.17) is 23.2 Å². The number of benzene rings is 1. The lowest BCUT2D eigenvalue weighted by Gasteiger charge is -1.97. The highest BCUT2D eigenvalue weighted by Crippen LogP contribution is 2.13. The van der Waals surface area contributed by atoms with E-state index in [-0.39, 0.29) is 0 Å². The molecular formula is C13H10Cl2N2. The minimum atomic E-state index is 0.490. The smallest absolute Gasteiger partial charge is 0.129 e. The van der Waals surface area contributed by atoms with E-state index in [1.807, 2.05) is 30.3 Å². The van der Waals surface area contributed by atoms with Crippen LogP contribution in [0, 0.1) is 0 Å². The van der Waals surface area contributed by atoms with E-state index in [0.717, 1.165) is 11.1 Å². The Balaban J connectivity index is 2.03. The molecule has 0 atom stereocenters. The highest BCUT2D eigenvalue weighted by atomic mass is 35.5. The Morgan fingerprint density at radius 1 is 1.12 bits per heavy atom. The maximum Gasteiger partial charge on any atom is 0.129 e. The van der Waals surface area contributed by atoms with E-state index in [1.54, 1.807) is 18.5 Å². The predicted molar refractivity (Wildman–Crippen MR) is 72.0 cm³/mol. The van der Waals surface area contributed by atoms with Gasteiger partial charge >= 0.3 is 0 Å². The number of pyridine rings is 1. The second kappa shape index (κ2) is 5.80. The van der Waals surface area contributed by atoms with Crippen LogP contribution in [0.3, 0.4) is 0 Å². The molecule has 0 amide bonds. The quantitative estimate of drug-likeness (QED) is 0.608. The van der Waals surface area contributed by atoms with Crippen molar-refractivity contribution in [2.24, 2.45) is 4.99 Å². The molecule has 4 heteroatoms. The third-order valence-corrected chi connectivity index (χ3v) is 2.77. The number of hydrogen-bond acceptors (Lipinski definition) is 2. The zero-order valence-electron chi connectivity index (χ0n) is 8.98. The summed E-state index contributed by atoms with van der Waals surface area (Å²) in [6.07, 6.45) is 3.48. The molecule has 0 unspecified atom stereocenters. The summed E-state index contributed by atoms with van der Waals surface area (Å²) in [7, 11) is 0. The van der Waals surface area contributed by atoms with Gasteiger partial charge in [0.15, 0.2) is 0 Å². The summed E-state index contributed by atoms with van der Waals surface area (Å²) < 4.78 is 0. The van der Waals surface area contributed by atoms with Crippen molar-refractivity contribution >= 4 is 29.4 Å². The van der Waals surface area contributed by atoms with Crippen molar-refractivity contribution < 1.29 is 0 Å². The molecule has 1 heterocycles. The Morgan fingerprint density at radius 3 is 2.65 bits per heavy atom. The van der Waals surface area contributed by atoms with Gasteiger partial charge in [-0.15, -0.1) is 0 Å². The van der Waals surface area contributed by atoms with Gasteiger partial charge < -0.3 is 0 Å². The van der Waals surface area contributed by atoms with Crippen LogP contribution in [0.4, 0.5) is 0 Å². The number of aliphatic imine (C=N–C) groups is 1. The van der Waals surface area contributed by atoms with Crippen LogP contribution in [0.5, 0.6) is 0 Å². The van der Waals surface area contributed by atoms with E-state index >= 15 is 0 Å². The average molecular weight is 265 g/mol. The van der Waals surface area contributed by atoms with Gasteiger partial charge in [0.25, 0.3) is 0 Å². The molecule has 0 bridgehead atoms. The highest BCUT2D eigenvalue weighted by molar-refractivity contribution is 6.33. The molecule has 0 aliphatic rings. The first-order valence-electron chi connectivity index (χ1n) is 5.10. The second-order valence-electron chi connectivity index (χ2n) is 3.48. The number of hydrogen-bond donors (Lipinski definition) is 0. The standard InChI is InChI=1S/C13H10Cl2N2/c14-12-4-2-1-3-11(12)9-16-7-10-5-6-13(15)17-8-10/h1-6,8-9H,7H2. The largest absolute Gasteiger partial charge is 0.288 e. The fourth-order valence-electron chi connectivity index (χ4n) is 1.33. The summed E-state index contributed by atoms with van der Waals surface area (Å²) in [4.78, 5) is 8.30. The summed E-state index contributed by atoms with van der Waals surface area (Å²) in [5.41, 5.74) is 1.92. The van der Waals surface area contributed by atoms with Crippen molar-refractivity contribution in [1.82, 2.24) is 4.98 Å². The summed E-state index contributed by atoms with van der Waals surface area (Å²) in [5, 5.41) is 1.19. The lowest BCUT2D eigenvalue weighted by atomic mass is 10.2. The fourth-order valence-corrected chi connectivity index (χ4v) is 1.63. The van der Waals surface area contributed by atoms with Gasteiger partial charge in [-0.05, 0) is 17.7 Å². The first kappa shape index (κ1) is 12.1. The van der Waals surface area contributed by atoms with Crippen molar-refractivity contribution in [2.45, 2.75) is 6.54 Å². The van der Waals surface area contributed by atoms with Crippen LogP contribution in [0.2, 0.25) is 10.2 Å². The minimum absolute atomic E-state index is 0.490. The topological polar surface area (TPSA) is 25.2 Å². The van der Waals surface area contributed by atoms with Crippen molar-refractivity contribution in [3.63, 3.8) is 0 Å². The molecule has 1 aromatic heterocycles. The van der Waals surface area contributed by atoms with E-state index in [0.29, 0.717) is 16.7 Å². The molecule has 2 rings (SSSR count). The van der Waals surface area contributed by atoms with Gasteiger partial charge in [-0.2, -0.15) is 0 Å². The maximum atomic E-state index is 6.01. The van der Waals surface area contributed by atoms with Crippen LogP contribution in [0.1, 0.15) is 11.1 Å². The van der Waals surface area contributed by atoms with Crippen LogP contribution < -0.4 is 0 Å². The SMILES string of the molecule is Clc1ccc(CN=Cc2ccccc2Cl)cn1. The van der Waals surface area contributed by atoms with Gasteiger partial charge in [-0.1, -0.05) is 47.5 Å². The normalized spacial score (nSPS) is 10.9. The number of halogens is 2. The zero-order chi connectivity index (χ0) is 12.1. The third kappa shape index (κ3) is 3.55. The number of rotatable bonds is 3. The van der Waals surface area contributed by atoms with Gasteiger partial charge in [-0.25, -0.2) is 4.98 Å². The molecule has 2 aromatic rings. The maximum absolute atomic E-state index is 6.01. The van der Waals surface area contributed by atoms with Crippen molar-refractivity contribution in [3.05, 3.63) is 63.9 Å². The molecule has 0 N–H and O–H groups in total. The number of aromatic nitrogens is 1. The van der Waals surface area contributed by atoms with E-state index in [1.165, 1.54) is 0 Å². The predicted octanol–water partition coefficient (Wildman–Crippen LogP) is 4.01. The van der Waals surface area contributed by atoms with Gasteiger partial charge in [0.2, 0.25) is 0 Å². The lowest BCUT2D eigenvalue weighted by Crippen LogP contribution is -1.86. The molecular weight excluding hydrogens is 255 g/mol. The molecule has 86 valence electrons. The van der Waals surface area contributed by atoms with Crippen LogP contribution in [-0.4, -0.2) is 11.2 Å². The molecule has 0 saturated heterocycles. The molecule has 17 heavy (non-hydrogen) atoms. The van der Waals surface area contributed by atoms with E-state index in [2.05, 4.69) is 9.98 Å². The van der Waals surface area contributed by atoms with Gasteiger partial charge in [0, 0.05) is 23.0 Å². The van der Waals surface area contributed by atoms with E-state index in [9.17, 15) is 0 Å². The summed E-state index contributed by atoms with van der Waals surface area (Å²) in [5.74, 6) is 0. The monoisotopic (exact) mass is 264 g/mol. The molecule has 0 fully saturated rings. The average Bonchev–Trinajstić information content (AvgIpc) is 2.34. The molecule has 0 spiro atoms. The van der Waals surface area contributed by atoms with Crippen molar-refractivity contribution in [2.75, 3.05) is 0 Å². The third-order valence-electron chi connectivity index (χ3n) is 2.20. The molecule has 2 nitrogen and oxygen atoms in total. The van der Waals surface area contributed by atoms with Crippen molar-refractivity contribution in [3.8, 4) is 0 Å². The number of nitrogens with zero attached hydrogens (tertiary/aromatic N) is 2.